The van der Waals surface area contributed by atoms with Crippen LogP contribution in [0.5, 0.6) is 0 Å². The van der Waals surface area contributed by atoms with Crippen LogP contribution in [0.1, 0.15) is 25.5 Å². The lowest BCUT2D eigenvalue weighted by Gasteiger charge is -2.39. The van der Waals surface area contributed by atoms with E-state index in [9.17, 15) is 4.79 Å². The molecule has 0 spiro atoms. The van der Waals surface area contributed by atoms with Gasteiger partial charge in [0.05, 0.1) is 13.2 Å². The standard InChI is InChI=1S/C14H21N3O2/c1-10(16-7-14(2)8-19-9-14)11-3-5-12(6-4-11)17-13(15)18/h3-6,10,16H,7-9H2,1-2H3,(H3,15,17,18). The van der Waals surface area contributed by atoms with Crippen LogP contribution < -0.4 is 16.4 Å². The number of rotatable bonds is 5. The SMILES string of the molecule is CC(NCC1(C)COC1)c1ccc(NC(N)=O)cc1. The van der Waals surface area contributed by atoms with E-state index in [4.69, 9.17) is 10.5 Å². The maximum absolute atomic E-state index is 10.7. The molecule has 0 radical (unpaired) electrons. The fourth-order valence-corrected chi connectivity index (χ4v) is 2.07. The Morgan fingerprint density at radius 3 is 2.53 bits per heavy atom. The minimum Gasteiger partial charge on any atom is -0.380 e. The van der Waals surface area contributed by atoms with Crippen molar-refractivity contribution in [2.24, 2.45) is 11.1 Å². The van der Waals surface area contributed by atoms with E-state index in [1.54, 1.807) is 0 Å². The van der Waals surface area contributed by atoms with Gasteiger partial charge in [-0.15, -0.1) is 0 Å². The number of amides is 2. The van der Waals surface area contributed by atoms with Gasteiger partial charge in [-0.1, -0.05) is 19.1 Å². The van der Waals surface area contributed by atoms with Gasteiger partial charge in [-0.25, -0.2) is 4.79 Å². The molecule has 5 nitrogen and oxygen atoms in total. The van der Waals surface area contributed by atoms with E-state index >= 15 is 0 Å². The topological polar surface area (TPSA) is 76.4 Å². The van der Waals surface area contributed by atoms with Gasteiger partial charge in [0.15, 0.2) is 0 Å². The molecule has 0 bridgehead atoms. The number of urea groups is 1. The molecule has 2 rings (SSSR count). The summed E-state index contributed by atoms with van der Waals surface area (Å²) in [5, 5.41) is 6.06. The number of carbonyl (C=O) groups is 1. The van der Waals surface area contributed by atoms with Crippen LogP contribution in [0.3, 0.4) is 0 Å². The summed E-state index contributed by atoms with van der Waals surface area (Å²) < 4.78 is 5.24. The molecule has 1 heterocycles. The van der Waals surface area contributed by atoms with E-state index < -0.39 is 6.03 Å². The minimum atomic E-state index is -0.545. The molecule has 19 heavy (non-hydrogen) atoms. The van der Waals surface area contributed by atoms with Crippen molar-refractivity contribution >= 4 is 11.7 Å². The summed E-state index contributed by atoms with van der Waals surface area (Å²) in [6.07, 6.45) is 0. The monoisotopic (exact) mass is 263 g/mol. The van der Waals surface area contributed by atoms with Gasteiger partial charge in [0.25, 0.3) is 0 Å². The second kappa shape index (κ2) is 5.59. The van der Waals surface area contributed by atoms with Gasteiger partial charge in [0, 0.05) is 23.7 Å². The molecule has 5 heteroatoms. The first kappa shape index (κ1) is 13.8. The van der Waals surface area contributed by atoms with Gasteiger partial charge in [0.1, 0.15) is 0 Å². The molecule has 1 unspecified atom stereocenters. The first-order chi connectivity index (χ1) is 8.98. The van der Waals surface area contributed by atoms with E-state index in [2.05, 4.69) is 24.5 Å². The van der Waals surface area contributed by atoms with Crippen LogP contribution in [0.25, 0.3) is 0 Å². The summed E-state index contributed by atoms with van der Waals surface area (Å²) >= 11 is 0. The zero-order valence-corrected chi connectivity index (χ0v) is 11.4. The van der Waals surface area contributed by atoms with Gasteiger partial charge in [-0.2, -0.15) is 0 Å². The van der Waals surface area contributed by atoms with Gasteiger partial charge in [-0.05, 0) is 24.6 Å². The zero-order chi connectivity index (χ0) is 13.9. The number of anilines is 1. The molecule has 1 aromatic carbocycles. The normalized spacial score (nSPS) is 18.4. The van der Waals surface area contributed by atoms with Crippen LogP contribution in [0, 0.1) is 5.41 Å². The highest BCUT2D eigenvalue weighted by atomic mass is 16.5. The van der Waals surface area contributed by atoms with Crippen molar-refractivity contribution in [3.63, 3.8) is 0 Å². The summed E-state index contributed by atoms with van der Waals surface area (Å²) in [5.74, 6) is 0. The highest BCUT2D eigenvalue weighted by Crippen LogP contribution is 2.26. The number of carbonyl (C=O) groups excluding carboxylic acids is 1. The number of nitrogens with two attached hydrogens (primary N) is 1. The number of hydrogen-bond donors (Lipinski definition) is 3. The van der Waals surface area contributed by atoms with Crippen LogP contribution in [0.2, 0.25) is 0 Å². The third-order valence-electron chi connectivity index (χ3n) is 3.41. The molecule has 0 saturated carbocycles. The summed E-state index contributed by atoms with van der Waals surface area (Å²) in [6, 6.07) is 7.40. The van der Waals surface area contributed by atoms with Crippen molar-refractivity contribution in [3.8, 4) is 0 Å². The average molecular weight is 263 g/mol. The fourth-order valence-electron chi connectivity index (χ4n) is 2.07. The molecule has 1 saturated heterocycles. The quantitative estimate of drug-likeness (QED) is 0.759. The molecule has 104 valence electrons. The molecule has 2 amide bonds. The van der Waals surface area contributed by atoms with Crippen LogP contribution >= 0.6 is 0 Å². The van der Waals surface area contributed by atoms with Crippen LogP contribution in [0.15, 0.2) is 24.3 Å². The van der Waals surface area contributed by atoms with E-state index in [0.29, 0.717) is 5.69 Å². The van der Waals surface area contributed by atoms with Crippen molar-refractivity contribution in [2.75, 3.05) is 25.1 Å². The van der Waals surface area contributed by atoms with Gasteiger partial charge >= 0.3 is 6.03 Å². The van der Waals surface area contributed by atoms with E-state index in [1.807, 2.05) is 24.3 Å². The van der Waals surface area contributed by atoms with Gasteiger partial charge in [0.2, 0.25) is 0 Å². The highest BCUT2D eigenvalue weighted by molar-refractivity contribution is 5.87. The lowest BCUT2D eigenvalue weighted by Crippen LogP contribution is -2.47. The van der Waals surface area contributed by atoms with Crippen molar-refractivity contribution < 1.29 is 9.53 Å². The van der Waals surface area contributed by atoms with Crippen LogP contribution in [-0.4, -0.2) is 25.8 Å². The van der Waals surface area contributed by atoms with Crippen LogP contribution in [-0.2, 0) is 4.74 Å². The summed E-state index contributed by atoms with van der Waals surface area (Å²) in [4.78, 5) is 10.7. The molecule has 1 atom stereocenters. The Hall–Kier alpha value is -1.59. The van der Waals surface area contributed by atoms with Crippen molar-refractivity contribution in [3.05, 3.63) is 29.8 Å². The molecule has 0 aromatic heterocycles. The Bertz CT molecular complexity index is 441. The van der Waals surface area contributed by atoms with Crippen molar-refractivity contribution in [2.45, 2.75) is 19.9 Å². The lowest BCUT2D eigenvalue weighted by molar-refractivity contribution is -0.0999. The second-order valence-electron chi connectivity index (χ2n) is 5.52. The average Bonchev–Trinajstić information content (AvgIpc) is 2.34. The molecule has 1 aliphatic heterocycles. The highest BCUT2D eigenvalue weighted by Gasteiger charge is 2.33. The van der Waals surface area contributed by atoms with Gasteiger partial charge in [-0.3, -0.25) is 0 Å². The number of nitrogens with one attached hydrogen (secondary N) is 2. The Balaban J connectivity index is 1.88. The molecule has 1 aliphatic rings. The van der Waals surface area contributed by atoms with Crippen LogP contribution in [0.4, 0.5) is 10.5 Å². The van der Waals surface area contributed by atoms with E-state index in [-0.39, 0.29) is 11.5 Å². The zero-order valence-electron chi connectivity index (χ0n) is 11.4. The summed E-state index contributed by atoms with van der Waals surface area (Å²) in [7, 11) is 0. The van der Waals surface area contributed by atoms with E-state index in [1.165, 1.54) is 5.56 Å². The smallest absolute Gasteiger partial charge is 0.316 e. The molecule has 1 fully saturated rings. The first-order valence-corrected chi connectivity index (χ1v) is 6.46. The molecule has 0 aliphatic carbocycles. The third-order valence-corrected chi connectivity index (χ3v) is 3.41. The minimum absolute atomic E-state index is 0.264. The summed E-state index contributed by atoms with van der Waals surface area (Å²) in [6.45, 7) is 6.94. The first-order valence-electron chi connectivity index (χ1n) is 6.46. The maximum atomic E-state index is 10.7. The molecular formula is C14H21N3O2. The van der Waals surface area contributed by atoms with Gasteiger partial charge < -0.3 is 21.1 Å². The largest absolute Gasteiger partial charge is 0.380 e. The molecule has 1 aromatic rings. The summed E-state index contributed by atoms with van der Waals surface area (Å²) in [5.41, 5.74) is 7.22. The Morgan fingerprint density at radius 1 is 1.42 bits per heavy atom. The maximum Gasteiger partial charge on any atom is 0.316 e. The third kappa shape index (κ3) is 3.68. The number of hydrogen-bond acceptors (Lipinski definition) is 3. The predicted octanol–water partition coefficient (Wildman–Crippen LogP) is 1.86. The molecule has 4 N–H and O–H groups in total. The number of primary amides is 1. The predicted molar refractivity (Wildman–Crippen MR) is 75.0 cm³/mol. The van der Waals surface area contributed by atoms with Crippen molar-refractivity contribution in [1.29, 1.82) is 0 Å². The number of ether oxygens (including phenoxy) is 1. The Labute approximate surface area is 113 Å². The second-order valence-corrected chi connectivity index (χ2v) is 5.52. The lowest BCUT2D eigenvalue weighted by atomic mass is 9.88. The molecular weight excluding hydrogens is 242 g/mol. The van der Waals surface area contributed by atoms with E-state index in [0.717, 1.165) is 19.8 Å². The van der Waals surface area contributed by atoms with Crippen molar-refractivity contribution in [1.82, 2.24) is 5.32 Å². The Kier molecular flexibility index (Phi) is 4.07. The number of benzene rings is 1. The Morgan fingerprint density at radius 2 is 2.05 bits per heavy atom. The fraction of sp³-hybridized carbons (Fsp3) is 0.500.